The average Bonchev–Trinajstić information content (AvgIpc) is 3.16. The number of rotatable bonds is 7. The first kappa shape index (κ1) is 18.6. The number of sulfonamides is 1. The largest absolute Gasteiger partial charge is 0.496 e. The summed E-state index contributed by atoms with van der Waals surface area (Å²) in [6.45, 7) is 3.67. The molecular formula is C18H23N3O4S. The fraction of sp³-hybridized carbons (Fsp3) is 0.444. The van der Waals surface area contributed by atoms with E-state index in [9.17, 15) is 8.42 Å². The molecule has 0 amide bonds. The topological polar surface area (TPSA) is 94.3 Å². The summed E-state index contributed by atoms with van der Waals surface area (Å²) >= 11 is 0. The summed E-state index contributed by atoms with van der Waals surface area (Å²) in [6.07, 6.45) is 7.13. The molecule has 1 aromatic heterocycles. The highest BCUT2D eigenvalue weighted by atomic mass is 32.2. The number of ether oxygens (including phenoxy) is 1. The molecule has 0 radical (unpaired) electrons. The highest BCUT2D eigenvalue weighted by Crippen LogP contribution is 2.35. The van der Waals surface area contributed by atoms with Crippen molar-refractivity contribution in [2.24, 2.45) is 0 Å². The van der Waals surface area contributed by atoms with Gasteiger partial charge in [-0.2, -0.15) is 4.98 Å². The Hall–Kier alpha value is -2.19. The number of nitrogens with one attached hydrogen (secondary N) is 1. The zero-order valence-corrected chi connectivity index (χ0v) is 15.6. The van der Waals surface area contributed by atoms with Gasteiger partial charge in [0.1, 0.15) is 5.75 Å². The van der Waals surface area contributed by atoms with Gasteiger partial charge in [-0.1, -0.05) is 30.5 Å². The lowest BCUT2D eigenvalue weighted by atomic mass is 9.89. The summed E-state index contributed by atoms with van der Waals surface area (Å²) in [4.78, 5) is 4.62. The Morgan fingerprint density at radius 1 is 1.35 bits per heavy atom. The third-order valence-electron chi connectivity index (χ3n) is 4.54. The van der Waals surface area contributed by atoms with Crippen LogP contribution in [0.3, 0.4) is 0 Å². The smallest absolute Gasteiger partial charge is 0.240 e. The van der Waals surface area contributed by atoms with Crippen molar-refractivity contribution >= 4 is 10.0 Å². The molecule has 0 atom stereocenters. The second kappa shape index (κ2) is 8.01. The molecule has 2 aromatic rings. The van der Waals surface area contributed by atoms with Crippen LogP contribution in [0.2, 0.25) is 0 Å². The van der Waals surface area contributed by atoms with Crippen LogP contribution in [0.5, 0.6) is 5.75 Å². The summed E-state index contributed by atoms with van der Waals surface area (Å²) in [7, 11) is -2.14. The number of hydrogen-bond donors (Lipinski definition) is 1. The molecule has 26 heavy (non-hydrogen) atoms. The summed E-state index contributed by atoms with van der Waals surface area (Å²) in [6, 6.07) is 4.57. The lowest BCUT2D eigenvalue weighted by Gasteiger charge is -2.17. The molecule has 1 heterocycles. The minimum absolute atomic E-state index is 0.110. The van der Waals surface area contributed by atoms with Crippen LogP contribution in [-0.4, -0.2) is 32.2 Å². The molecule has 1 fully saturated rings. The Labute approximate surface area is 153 Å². The molecular weight excluding hydrogens is 354 g/mol. The van der Waals surface area contributed by atoms with Crippen molar-refractivity contribution in [3.05, 3.63) is 36.7 Å². The first-order valence-electron chi connectivity index (χ1n) is 8.67. The molecule has 0 aliphatic heterocycles. The van der Waals surface area contributed by atoms with Crippen LogP contribution in [0, 0.1) is 0 Å². The maximum atomic E-state index is 12.4. The Bertz CT molecular complexity index is 870. The van der Waals surface area contributed by atoms with Crippen molar-refractivity contribution in [1.29, 1.82) is 0 Å². The first-order chi connectivity index (χ1) is 12.5. The zero-order valence-electron chi connectivity index (χ0n) is 14.8. The molecule has 140 valence electrons. The predicted octanol–water partition coefficient (Wildman–Crippen LogP) is 3.26. The van der Waals surface area contributed by atoms with Crippen LogP contribution in [0.25, 0.3) is 11.4 Å². The van der Waals surface area contributed by atoms with Gasteiger partial charge >= 0.3 is 0 Å². The van der Waals surface area contributed by atoms with Gasteiger partial charge in [0.15, 0.2) is 0 Å². The van der Waals surface area contributed by atoms with E-state index in [2.05, 4.69) is 21.4 Å². The maximum absolute atomic E-state index is 12.4. The zero-order chi connectivity index (χ0) is 18.6. The second-order valence-electron chi connectivity index (χ2n) is 6.29. The number of hydrogen-bond acceptors (Lipinski definition) is 6. The van der Waals surface area contributed by atoms with Crippen molar-refractivity contribution in [2.45, 2.75) is 42.9 Å². The van der Waals surface area contributed by atoms with E-state index >= 15 is 0 Å². The predicted molar refractivity (Wildman–Crippen MR) is 97.5 cm³/mol. The summed E-state index contributed by atoms with van der Waals surface area (Å²) < 4.78 is 38.0. The van der Waals surface area contributed by atoms with Crippen molar-refractivity contribution < 1.29 is 17.7 Å². The Morgan fingerprint density at radius 3 is 2.81 bits per heavy atom. The third-order valence-corrected chi connectivity index (χ3v) is 5.96. The molecule has 3 rings (SSSR count). The highest BCUT2D eigenvalue weighted by Gasteiger charge is 2.24. The number of benzene rings is 1. The molecule has 1 aliphatic rings. The normalized spacial score (nSPS) is 15.7. The van der Waals surface area contributed by atoms with E-state index in [4.69, 9.17) is 9.26 Å². The van der Waals surface area contributed by atoms with Gasteiger partial charge in [0, 0.05) is 12.5 Å². The van der Waals surface area contributed by atoms with Gasteiger partial charge in [-0.15, -0.1) is 6.58 Å². The van der Waals surface area contributed by atoms with Gasteiger partial charge in [-0.3, -0.25) is 0 Å². The van der Waals surface area contributed by atoms with Crippen LogP contribution < -0.4 is 9.46 Å². The molecule has 1 aliphatic carbocycles. The van der Waals surface area contributed by atoms with Crippen molar-refractivity contribution in [2.75, 3.05) is 13.7 Å². The SMILES string of the molecule is C=CCNS(=O)(=O)c1ccc(OC)c(-c2noc(C3CCCCC3)n2)c1. The van der Waals surface area contributed by atoms with Gasteiger partial charge < -0.3 is 9.26 Å². The fourth-order valence-electron chi connectivity index (χ4n) is 3.14. The molecule has 8 heteroatoms. The van der Waals surface area contributed by atoms with Crippen LogP contribution in [0.4, 0.5) is 0 Å². The molecule has 1 saturated carbocycles. The molecule has 0 spiro atoms. The standard InChI is InChI=1S/C18H23N3O4S/c1-3-11-19-26(22,23)14-9-10-16(24-2)15(12-14)17-20-18(25-21-17)13-7-5-4-6-8-13/h3,9-10,12-13,19H,1,4-8,11H2,2H3. The third kappa shape index (κ3) is 3.96. The van der Waals surface area contributed by atoms with Crippen LogP contribution >= 0.6 is 0 Å². The van der Waals surface area contributed by atoms with E-state index in [1.165, 1.54) is 31.7 Å². The molecule has 1 aromatic carbocycles. The lowest BCUT2D eigenvalue weighted by molar-refractivity contribution is 0.314. The molecule has 0 bridgehead atoms. The Kier molecular flexibility index (Phi) is 5.73. The van der Waals surface area contributed by atoms with E-state index in [0.717, 1.165) is 25.7 Å². The first-order valence-corrected chi connectivity index (χ1v) is 10.2. The van der Waals surface area contributed by atoms with Gasteiger partial charge in [0.25, 0.3) is 0 Å². The molecule has 7 nitrogen and oxygen atoms in total. The number of nitrogens with zero attached hydrogens (tertiary/aromatic N) is 2. The fourth-order valence-corrected chi connectivity index (χ4v) is 4.17. The molecule has 0 unspecified atom stereocenters. The Morgan fingerprint density at radius 2 is 2.12 bits per heavy atom. The van der Waals surface area contributed by atoms with E-state index in [0.29, 0.717) is 23.0 Å². The van der Waals surface area contributed by atoms with Gasteiger partial charge in [-0.25, -0.2) is 13.1 Å². The summed E-state index contributed by atoms with van der Waals surface area (Å²) in [5, 5.41) is 4.06. The van der Waals surface area contributed by atoms with Crippen molar-refractivity contribution in [1.82, 2.24) is 14.9 Å². The van der Waals surface area contributed by atoms with E-state index in [-0.39, 0.29) is 17.4 Å². The summed E-state index contributed by atoms with van der Waals surface area (Å²) in [5.74, 6) is 1.71. The van der Waals surface area contributed by atoms with Crippen molar-refractivity contribution in [3.8, 4) is 17.1 Å². The average molecular weight is 377 g/mol. The Balaban J connectivity index is 1.94. The minimum Gasteiger partial charge on any atom is -0.496 e. The molecule has 0 saturated heterocycles. The second-order valence-corrected chi connectivity index (χ2v) is 8.06. The van der Waals surface area contributed by atoms with Crippen LogP contribution in [-0.2, 0) is 10.0 Å². The van der Waals surface area contributed by atoms with Gasteiger partial charge in [0.2, 0.25) is 21.7 Å². The summed E-state index contributed by atoms with van der Waals surface area (Å²) in [5.41, 5.74) is 0.486. The van der Waals surface area contributed by atoms with Gasteiger partial charge in [0.05, 0.1) is 17.6 Å². The van der Waals surface area contributed by atoms with Crippen molar-refractivity contribution in [3.63, 3.8) is 0 Å². The number of aromatic nitrogens is 2. The molecule has 1 N–H and O–H groups in total. The van der Waals surface area contributed by atoms with E-state index < -0.39 is 10.0 Å². The van der Waals surface area contributed by atoms with Gasteiger partial charge in [-0.05, 0) is 31.0 Å². The quantitative estimate of drug-likeness (QED) is 0.744. The lowest BCUT2D eigenvalue weighted by Crippen LogP contribution is -2.23. The van der Waals surface area contributed by atoms with E-state index in [1.54, 1.807) is 6.07 Å². The maximum Gasteiger partial charge on any atom is 0.240 e. The van der Waals surface area contributed by atoms with E-state index in [1.807, 2.05) is 0 Å². The minimum atomic E-state index is -3.65. The monoisotopic (exact) mass is 377 g/mol. The highest BCUT2D eigenvalue weighted by molar-refractivity contribution is 7.89. The van der Waals surface area contributed by atoms with Crippen LogP contribution in [0.15, 0.2) is 40.3 Å². The number of methoxy groups -OCH3 is 1. The van der Waals surface area contributed by atoms with Crippen LogP contribution in [0.1, 0.15) is 43.9 Å².